The minimum atomic E-state index is 0.0810. The number of nitrogens with zero attached hydrogens (tertiary/aromatic N) is 1. The zero-order chi connectivity index (χ0) is 14.9. The van der Waals surface area contributed by atoms with Crippen molar-refractivity contribution >= 4 is 5.91 Å². The number of rotatable bonds is 7. The molecule has 3 N–H and O–H groups in total. The summed E-state index contributed by atoms with van der Waals surface area (Å²) in [7, 11) is 0. The van der Waals surface area contributed by atoms with E-state index >= 15 is 0 Å². The van der Waals surface area contributed by atoms with Crippen molar-refractivity contribution < 1.29 is 9.53 Å². The van der Waals surface area contributed by atoms with E-state index in [2.05, 4.69) is 10.2 Å². The topological polar surface area (TPSA) is 67.6 Å². The first kappa shape index (κ1) is 15.9. The molecular formula is C16H25N3O2. The molecule has 0 atom stereocenters. The highest BCUT2D eigenvalue weighted by Crippen LogP contribution is 2.04. The first-order valence-corrected chi connectivity index (χ1v) is 7.62. The lowest BCUT2D eigenvalue weighted by atomic mass is 10.1. The Morgan fingerprint density at radius 3 is 2.52 bits per heavy atom. The van der Waals surface area contributed by atoms with E-state index in [0.717, 1.165) is 56.9 Å². The van der Waals surface area contributed by atoms with E-state index in [4.69, 9.17) is 10.5 Å². The summed E-state index contributed by atoms with van der Waals surface area (Å²) < 4.78 is 5.31. The highest BCUT2D eigenvalue weighted by molar-refractivity contribution is 5.78. The predicted molar refractivity (Wildman–Crippen MR) is 82.9 cm³/mol. The Kier molecular flexibility index (Phi) is 6.66. The summed E-state index contributed by atoms with van der Waals surface area (Å²) in [5.74, 6) is 0.0810. The standard InChI is InChI=1S/C16H25N3O2/c17-13-15-4-2-14(3-5-15)12-16(20)18-6-1-7-19-8-10-21-11-9-19/h2-5H,1,6-13,17H2,(H,18,20). The summed E-state index contributed by atoms with van der Waals surface area (Å²) in [5, 5.41) is 2.98. The average molecular weight is 291 g/mol. The van der Waals surface area contributed by atoms with Gasteiger partial charge in [0.05, 0.1) is 19.6 Å². The van der Waals surface area contributed by atoms with E-state index in [9.17, 15) is 4.79 Å². The number of amides is 1. The van der Waals surface area contributed by atoms with Crippen LogP contribution in [0.4, 0.5) is 0 Å². The van der Waals surface area contributed by atoms with E-state index in [1.54, 1.807) is 0 Å². The fraction of sp³-hybridized carbons (Fsp3) is 0.562. The highest BCUT2D eigenvalue weighted by Gasteiger charge is 2.09. The van der Waals surface area contributed by atoms with Gasteiger partial charge in [-0.2, -0.15) is 0 Å². The van der Waals surface area contributed by atoms with E-state index in [0.29, 0.717) is 13.0 Å². The first-order valence-electron chi connectivity index (χ1n) is 7.62. The van der Waals surface area contributed by atoms with E-state index < -0.39 is 0 Å². The van der Waals surface area contributed by atoms with E-state index in [-0.39, 0.29) is 5.91 Å². The van der Waals surface area contributed by atoms with Crippen molar-refractivity contribution in [2.24, 2.45) is 5.73 Å². The molecule has 1 aromatic carbocycles. The van der Waals surface area contributed by atoms with Crippen LogP contribution in [0.2, 0.25) is 0 Å². The minimum Gasteiger partial charge on any atom is -0.379 e. The molecule has 0 unspecified atom stereocenters. The van der Waals surface area contributed by atoms with Gasteiger partial charge in [-0.25, -0.2) is 0 Å². The Balaban J connectivity index is 1.60. The Morgan fingerprint density at radius 2 is 1.86 bits per heavy atom. The molecule has 0 bridgehead atoms. The molecule has 1 saturated heterocycles. The molecule has 0 aliphatic carbocycles. The molecule has 5 heteroatoms. The number of benzene rings is 1. The van der Waals surface area contributed by atoms with Gasteiger partial charge in [-0.1, -0.05) is 24.3 Å². The summed E-state index contributed by atoms with van der Waals surface area (Å²) in [6.07, 6.45) is 1.42. The number of ether oxygens (including phenoxy) is 1. The minimum absolute atomic E-state index is 0.0810. The van der Waals surface area contributed by atoms with Crippen LogP contribution in [0.3, 0.4) is 0 Å². The first-order chi connectivity index (χ1) is 10.3. The second-order valence-electron chi connectivity index (χ2n) is 5.35. The molecule has 116 valence electrons. The van der Waals surface area contributed by atoms with Gasteiger partial charge in [-0.05, 0) is 24.1 Å². The molecule has 21 heavy (non-hydrogen) atoms. The SMILES string of the molecule is NCc1ccc(CC(=O)NCCCN2CCOCC2)cc1. The summed E-state index contributed by atoms with van der Waals surface area (Å²) in [5.41, 5.74) is 7.67. The summed E-state index contributed by atoms with van der Waals surface area (Å²) in [6.45, 7) is 5.94. The van der Waals surface area contributed by atoms with Gasteiger partial charge >= 0.3 is 0 Å². The molecule has 5 nitrogen and oxygen atoms in total. The van der Waals surface area contributed by atoms with Gasteiger partial charge in [0, 0.05) is 26.2 Å². The van der Waals surface area contributed by atoms with Crippen LogP contribution in [0, 0.1) is 0 Å². The predicted octanol–water partition coefficient (Wildman–Crippen LogP) is 0.526. The maximum atomic E-state index is 11.8. The fourth-order valence-corrected chi connectivity index (χ4v) is 2.40. The molecule has 0 spiro atoms. The number of carbonyl (C=O) groups excluding carboxylic acids is 1. The molecule has 1 aromatic rings. The third-order valence-corrected chi connectivity index (χ3v) is 3.70. The average Bonchev–Trinajstić information content (AvgIpc) is 2.53. The number of carbonyl (C=O) groups is 1. The second kappa shape index (κ2) is 8.77. The number of hydrogen-bond donors (Lipinski definition) is 2. The van der Waals surface area contributed by atoms with Crippen molar-refractivity contribution in [3.63, 3.8) is 0 Å². The highest BCUT2D eigenvalue weighted by atomic mass is 16.5. The van der Waals surface area contributed by atoms with E-state index in [1.807, 2.05) is 24.3 Å². The number of hydrogen-bond acceptors (Lipinski definition) is 4. The van der Waals surface area contributed by atoms with Crippen molar-refractivity contribution in [2.75, 3.05) is 39.4 Å². The normalized spacial score (nSPS) is 15.9. The summed E-state index contributed by atoms with van der Waals surface area (Å²) >= 11 is 0. The smallest absolute Gasteiger partial charge is 0.224 e. The lowest BCUT2D eigenvalue weighted by Gasteiger charge is -2.26. The monoisotopic (exact) mass is 291 g/mol. The van der Waals surface area contributed by atoms with Crippen molar-refractivity contribution in [1.82, 2.24) is 10.2 Å². The molecule has 0 saturated carbocycles. The van der Waals surface area contributed by atoms with Gasteiger partial charge in [-0.15, -0.1) is 0 Å². The van der Waals surface area contributed by atoms with E-state index in [1.165, 1.54) is 0 Å². The van der Waals surface area contributed by atoms with Crippen LogP contribution < -0.4 is 11.1 Å². The van der Waals surface area contributed by atoms with Crippen molar-refractivity contribution in [2.45, 2.75) is 19.4 Å². The fourth-order valence-electron chi connectivity index (χ4n) is 2.40. The van der Waals surface area contributed by atoms with Gasteiger partial charge < -0.3 is 15.8 Å². The molecule has 0 aromatic heterocycles. The third kappa shape index (κ3) is 5.83. The maximum Gasteiger partial charge on any atom is 0.224 e. The van der Waals surface area contributed by atoms with Crippen LogP contribution in [0.25, 0.3) is 0 Å². The zero-order valence-electron chi connectivity index (χ0n) is 12.5. The summed E-state index contributed by atoms with van der Waals surface area (Å²) in [6, 6.07) is 7.88. The van der Waals surface area contributed by atoms with Gasteiger partial charge in [0.1, 0.15) is 0 Å². The Bertz CT molecular complexity index is 428. The zero-order valence-corrected chi connectivity index (χ0v) is 12.5. The molecule has 1 fully saturated rings. The van der Waals surface area contributed by atoms with Gasteiger partial charge in [0.2, 0.25) is 5.91 Å². The van der Waals surface area contributed by atoms with Crippen LogP contribution in [0.1, 0.15) is 17.5 Å². The Hall–Kier alpha value is -1.43. The second-order valence-corrected chi connectivity index (χ2v) is 5.35. The lowest BCUT2D eigenvalue weighted by Crippen LogP contribution is -2.38. The van der Waals surface area contributed by atoms with Crippen molar-refractivity contribution in [1.29, 1.82) is 0 Å². The van der Waals surface area contributed by atoms with Crippen molar-refractivity contribution in [3.05, 3.63) is 35.4 Å². The largest absolute Gasteiger partial charge is 0.379 e. The molecule has 2 rings (SSSR count). The molecule has 0 radical (unpaired) electrons. The quantitative estimate of drug-likeness (QED) is 0.719. The van der Waals surface area contributed by atoms with Crippen LogP contribution in [-0.2, 0) is 22.5 Å². The molecule has 1 aliphatic heterocycles. The van der Waals surface area contributed by atoms with Crippen LogP contribution in [-0.4, -0.2) is 50.2 Å². The molecular weight excluding hydrogens is 266 g/mol. The maximum absolute atomic E-state index is 11.8. The number of nitrogens with two attached hydrogens (primary N) is 1. The van der Waals surface area contributed by atoms with Gasteiger partial charge in [0.15, 0.2) is 0 Å². The lowest BCUT2D eigenvalue weighted by molar-refractivity contribution is -0.120. The third-order valence-electron chi connectivity index (χ3n) is 3.70. The van der Waals surface area contributed by atoms with Crippen molar-refractivity contribution in [3.8, 4) is 0 Å². The summed E-state index contributed by atoms with van der Waals surface area (Å²) in [4.78, 5) is 14.2. The molecule has 1 aliphatic rings. The van der Waals surface area contributed by atoms with Crippen LogP contribution in [0.5, 0.6) is 0 Å². The Morgan fingerprint density at radius 1 is 1.19 bits per heavy atom. The number of morpholine rings is 1. The van der Waals surface area contributed by atoms with Crippen LogP contribution in [0.15, 0.2) is 24.3 Å². The molecule has 1 heterocycles. The number of nitrogens with one attached hydrogen (secondary N) is 1. The van der Waals surface area contributed by atoms with Crippen LogP contribution >= 0.6 is 0 Å². The Labute approximate surface area is 126 Å². The van der Waals surface area contributed by atoms with Gasteiger partial charge in [-0.3, -0.25) is 9.69 Å². The van der Waals surface area contributed by atoms with Gasteiger partial charge in [0.25, 0.3) is 0 Å². The molecule has 1 amide bonds.